The van der Waals surface area contributed by atoms with Crippen molar-refractivity contribution < 1.29 is 18.0 Å². The summed E-state index contributed by atoms with van der Waals surface area (Å²) < 4.78 is 23.5. The molecule has 2 N–H and O–H groups in total. The van der Waals surface area contributed by atoms with Crippen LogP contribution in [0.2, 0.25) is 0 Å². The molecule has 7 nitrogen and oxygen atoms in total. The van der Waals surface area contributed by atoms with Crippen LogP contribution in [-0.2, 0) is 10.0 Å². The van der Waals surface area contributed by atoms with Gasteiger partial charge in [0.25, 0.3) is 11.8 Å². The van der Waals surface area contributed by atoms with Crippen molar-refractivity contribution in [3.05, 3.63) is 71.3 Å². The lowest BCUT2D eigenvalue weighted by Crippen LogP contribution is -2.42. The van der Waals surface area contributed by atoms with Gasteiger partial charge in [0, 0.05) is 18.2 Å². The molecule has 138 valence electrons. The summed E-state index contributed by atoms with van der Waals surface area (Å²) in [7, 11) is -2.33. The summed E-state index contributed by atoms with van der Waals surface area (Å²) in [5.74, 6) is -0.948. The second-order valence-corrected chi connectivity index (χ2v) is 7.87. The van der Waals surface area contributed by atoms with E-state index in [9.17, 15) is 18.0 Å². The first kappa shape index (κ1) is 19.6. The van der Waals surface area contributed by atoms with Crippen molar-refractivity contribution in [1.82, 2.24) is 15.2 Å². The summed E-state index contributed by atoms with van der Waals surface area (Å²) in [6, 6.07) is 15.4. The smallest absolute Gasteiger partial charge is 0.266 e. The van der Waals surface area contributed by atoms with E-state index in [1.54, 1.807) is 12.1 Å². The summed E-state index contributed by atoms with van der Waals surface area (Å²) in [6.45, 7) is 1.87. The number of benzene rings is 2. The summed E-state index contributed by atoms with van der Waals surface area (Å²) in [5, 5.41) is 2.87. The fourth-order valence-electron chi connectivity index (χ4n) is 2.20. The summed E-state index contributed by atoms with van der Waals surface area (Å²) in [5.41, 5.74) is 3.69. The van der Waals surface area contributed by atoms with Crippen molar-refractivity contribution in [2.24, 2.45) is 0 Å². The highest BCUT2D eigenvalue weighted by molar-refractivity contribution is 7.88. The van der Waals surface area contributed by atoms with Gasteiger partial charge in [0.05, 0.1) is 12.3 Å². The third-order valence-electron chi connectivity index (χ3n) is 3.79. The molecular weight excluding hydrogens is 354 g/mol. The highest BCUT2D eigenvalue weighted by Gasteiger charge is 2.17. The number of nitrogens with zero attached hydrogens (tertiary/aromatic N) is 1. The van der Waals surface area contributed by atoms with E-state index in [0.717, 1.165) is 16.2 Å². The Bertz CT molecular complexity index is 898. The van der Waals surface area contributed by atoms with Crippen LogP contribution in [0.5, 0.6) is 0 Å². The largest absolute Gasteiger partial charge is 0.346 e. The van der Waals surface area contributed by atoms with Crippen molar-refractivity contribution in [1.29, 1.82) is 0 Å². The zero-order valence-corrected chi connectivity index (χ0v) is 15.6. The topological polar surface area (TPSA) is 95.6 Å². The molecule has 0 radical (unpaired) electrons. The van der Waals surface area contributed by atoms with E-state index in [1.165, 1.54) is 19.2 Å². The number of rotatable bonds is 6. The molecule has 0 aliphatic heterocycles. The van der Waals surface area contributed by atoms with Gasteiger partial charge in [-0.05, 0) is 30.7 Å². The molecule has 0 aliphatic rings. The van der Waals surface area contributed by atoms with E-state index in [4.69, 9.17) is 0 Å². The van der Waals surface area contributed by atoms with Crippen LogP contribution in [-0.4, -0.2) is 37.9 Å². The molecule has 0 bridgehead atoms. The number of hydrogen-bond acceptors (Lipinski definition) is 4. The lowest BCUT2D eigenvalue weighted by atomic mass is 10.1. The van der Waals surface area contributed by atoms with E-state index in [0.29, 0.717) is 5.56 Å². The highest BCUT2D eigenvalue weighted by Crippen LogP contribution is 2.13. The van der Waals surface area contributed by atoms with Crippen molar-refractivity contribution >= 4 is 21.8 Å². The molecule has 2 amide bonds. The van der Waals surface area contributed by atoms with Gasteiger partial charge < -0.3 is 5.32 Å². The lowest BCUT2D eigenvalue weighted by Gasteiger charge is -2.16. The van der Waals surface area contributed by atoms with Crippen LogP contribution < -0.4 is 10.7 Å². The van der Waals surface area contributed by atoms with Gasteiger partial charge in [-0.15, -0.1) is 4.41 Å². The normalized spacial score (nSPS) is 12.5. The predicted octanol–water partition coefficient (Wildman–Crippen LogP) is 1.71. The molecule has 0 heterocycles. The minimum absolute atomic E-state index is 0.181. The van der Waals surface area contributed by atoms with E-state index in [1.807, 2.05) is 37.3 Å². The van der Waals surface area contributed by atoms with Crippen molar-refractivity contribution in [2.45, 2.75) is 13.0 Å². The van der Waals surface area contributed by atoms with Crippen molar-refractivity contribution in [3.63, 3.8) is 0 Å². The molecule has 8 heteroatoms. The Morgan fingerprint density at radius 2 is 1.54 bits per heavy atom. The number of hydrogen-bond donors (Lipinski definition) is 2. The first-order chi connectivity index (χ1) is 12.2. The molecule has 2 rings (SSSR count). The Morgan fingerprint density at radius 1 is 0.962 bits per heavy atom. The number of sulfonamides is 1. The molecule has 1 atom stereocenters. The van der Waals surface area contributed by atoms with Crippen LogP contribution in [0, 0.1) is 0 Å². The summed E-state index contributed by atoms with van der Waals surface area (Å²) in [6.07, 6.45) is 0.974. The molecule has 0 spiro atoms. The Morgan fingerprint density at radius 3 is 2.12 bits per heavy atom. The van der Waals surface area contributed by atoms with Crippen molar-refractivity contribution in [3.8, 4) is 0 Å². The average Bonchev–Trinajstić information content (AvgIpc) is 2.61. The molecule has 1 unspecified atom stereocenters. The molecule has 0 aromatic heterocycles. The van der Waals surface area contributed by atoms with Crippen molar-refractivity contribution in [2.75, 3.05) is 13.3 Å². The number of carbonyl (C=O) groups excluding carboxylic acids is 2. The van der Waals surface area contributed by atoms with Gasteiger partial charge in [-0.3, -0.25) is 15.0 Å². The molecular formula is C18H21N3O4S. The minimum Gasteiger partial charge on any atom is -0.346 e. The minimum atomic E-state index is -3.56. The fourth-order valence-corrected chi connectivity index (χ4v) is 2.45. The Labute approximate surface area is 153 Å². The maximum absolute atomic E-state index is 12.4. The maximum Gasteiger partial charge on any atom is 0.266 e. The lowest BCUT2D eigenvalue weighted by molar-refractivity contribution is 0.0894. The fraction of sp³-hybridized carbons (Fsp3) is 0.222. The second-order valence-electron chi connectivity index (χ2n) is 5.86. The second kappa shape index (κ2) is 8.11. The quantitative estimate of drug-likeness (QED) is 0.752. The van der Waals surface area contributed by atoms with Gasteiger partial charge in [-0.2, -0.15) is 0 Å². The molecule has 2 aromatic rings. The van der Waals surface area contributed by atoms with Crippen LogP contribution in [0.1, 0.15) is 39.2 Å². The van der Waals surface area contributed by atoms with Gasteiger partial charge in [0.1, 0.15) is 0 Å². The van der Waals surface area contributed by atoms with Gasteiger partial charge in [0.2, 0.25) is 10.0 Å². The Kier molecular flexibility index (Phi) is 6.12. The molecule has 0 fully saturated rings. The van der Waals surface area contributed by atoms with Crippen LogP contribution in [0.4, 0.5) is 0 Å². The van der Waals surface area contributed by atoms with Gasteiger partial charge in [-0.25, -0.2) is 8.42 Å². The first-order valence-electron chi connectivity index (χ1n) is 7.89. The van der Waals surface area contributed by atoms with Crippen LogP contribution in [0.25, 0.3) is 0 Å². The Balaban J connectivity index is 2.10. The monoisotopic (exact) mass is 375 g/mol. The van der Waals surface area contributed by atoms with Crippen LogP contribution >= 0.6 is 0 Å². The summed E-state index contributed by atoms with van der Waals surface area (Å²) >= 11 is 0. The van der Waals surface area contributed by atoms with E-state index < -0.39 is 15.9 Å². The standard InChI is InChI=1S/C18H21N3O4S/c1-13(14-8-5-4-6-9-14)19-17(22)15-10-7-11-16(12-15)18(23)20-21(2)26(3,24)25/h4-13H,1-3H3,(H,19,22)(H,20,23). The first-order valence-corrected chi connectivity index (χ1v) is 9.74. The Hall–Kier alpha value is -2.71. The van der Waals surface area contributed by atoms with Crippen LogP contribution in [0.3, 0.4) is 0 Å². The molecule has 26 heavy (non-hydrogen) atoms. The third kappa shape index (κ3) is 5.14. The SMILES string of the molecule is CC(NC(=O)c1cccc(C(=O)NN(C)S(C)(=O)=O)c1)c1ccccc1. The number of carbonyl (C=O) groups is 2. The van der Waals surface area contributed by atoms with Gasteiger partial charge >= 0.3 is 0 Å². The predicted molar refractivity (Wildman–Crippen MR) is 98.8 cm³/mol. The number of amides is 2. The zero-order chi connectivity index (χ0) is 19.3. The molecule has 2 aromatic carbocycles. The summed E-state index contributed by atoms with van der Waals surface area (Å²) in [4.78, 5) is 24.6. The van der Waals surface area contributed by atoms with Crippen LogP contribution in [0.15, 0.2) is 54.6 Å². The maximum atomic E-state index is 12.4. The molecule has 0 saturated heterocycles. The molecule has 0 saturated carbocycles. The highest BCUT2D eigenvalue weighted by atomic mass is 32.2. The number of hydrazine groups is 1. The zero-order valence-electron chi connectivity index (χ0n) is 14.8. The average molecular weight is 375 g/mol. The number of nitrogens with one attached hydrogen (secondary N) is 2. The molecule has 0 aliphatic carbocycles. The third-order valence-corrected chi connectivity index (χ3v) is 4.88. The van der Waals surface area contributed by atoms with E-state index in [2.05, 4.69) is 10.7 Å². The van der Waals surface area contributed by atoms with E-state index in [-0.39, 0.29) is 17.5 Å². The van der Waals surface area contributed by atoms with E-state index >= 15 is 0 Å². The van der Waals surface area contributed by atoms with Gasteiger partial charge in [0.15, 0.2) is 0 Å². The van der Waals surface area contributed by atoms with Gasteiger partial charge in [-0.1, -0.05) is 36.4 Å².